The van der Waals surface area contributed by atoms with Gasteiger partial charge in [0.05, 0.1) is 0 Å². The molecule has 2 rings (SSSR count). The smallest absolute Gasteiger partial charge is 0.313 e. The van der Waals surface area contributed by atoms with Gasteiger partial charge in [0.1, 0.15) is 17.8 Å². The first-order valence-electron chi connectivity index (χ1n) is 6.35. The van der Waals surface area contributed by atoms with E-state index in [1.165, 1.54) is 0 Å². The fraction of sp³-hybridized carbons (Fsp3) is 0.467. The van der Waals surface area contributed by atoms with E-state index in [0.29, 0.717) is 6.42 Å². The van der Waals surface area contributed by atoms with Crippen LogP contribution in [0.5, 0.6) is 0 Å². The SMILES string of the molecule is C[C@H](Cc1ccccc1)C(=O)C[C@@H]1C(=O)O[C@@H]1C. The third kappa shape index (κ3) is 2.78. The third-order valence-corrected chi connectivity index (χ3v) is 3.53. The molecule has 3 atom stereocenters. The molecule has 0 spiro atoms. The van der Waals surface area contributed by atoms with Crippen molar-refractivity contribution in [3.63, 3.8) is 0 Å². The highest BCUT2D eigenvalue weighted by Gasteiger charge is 2.40. The molecule has 3 nitrogen and oxygen atoms in total. The van der Waals surface area contributed by atoms with Gasteiger partial charge in [-0.15, -0.1) is 0 Å². The van der Waals surface area contributed by atoms with Gasteiger partial charge in [0.2, 0.25) is 0 Å². The lowest BCUT2D eigenvalue weighted by Gasteiger charge is -2.32. The van der Waals surface area contributed by atoms with Gasteiger partial charge in [0, 0.05) is 12.3 Å². The van der Waals surface area contributed by atoms with Gasteiger partial charge in [-0.05, 0) is 18.9 Å². The molecule has 18 heavy (non-hydrogen) atoms. The second kappa shape index (κ2) is 5.34. The molecule has 0 saturated carbocycles. The lowest BCUT2D eigenvalue weighted by molar-refractivity contribution is -0.183. The van der Waals surface area contributed by atoms with Crippen molar-refractivity contribution in [1.82, 2.24) is 0 Å². The van der Waals surface area contributed by atoms with Gasteiger partial charge in [0.25, 0.3) is 0 Å². The molecule has 1 fully saturated rings. The fourth-order valence-electron chi connectivity index (χ4n) is 2.22. The van der Waals surface area contributed by atoms with E-state index in [-0.39, 0.29) is 29.7 Å². The van der Waals surface area contributed by atoms with E-state index in [4.69, 9.17) is 4.74 Å². The minimum Gasteiger partial charge on any atom is -0.461 e. The Labute approximate surface area is 107 Å². The summed E-state index contributed by atoms with van der Waals surface area (Å²) < 4.78 is 4.86. The minimum absolute atomic E-state index is 0.0481. The van der Waals surface area contributed by atoms with E-state index < -0.39 is 0 Å². The molecular weight excluding hydrogens is 228 g/mol. The van der Waals surface area contributed by atoms with Crippen molar-refractivity contribution >= 4 is 11.8 Å². The van der Waals surface area contributed by atoms with E-state index in [1.807, 2.05) is 44.2 Å². The predicted molar refractivity (Wildman–Crippen MR) is 68.0 cm³/mol. The lowest BCUT2D eigenvalue weighted by Crippen LogP contribution is -2.44. The first kappa shape index (κ1) is 12.8. The zero-order chi connectivity index (χ0) is 13.1. The van der Waals surface area contributed by atoms with E-state index in [0.717, 1.165) is 12.0 Å². The van der Waals surface area contributed by atoms with E-state index >= 15 is 0 Å². The predicted octanol–water partition coefficient (Wildman–Crippen LogP) is 2.39. The van der Waals surface area contributed by atoms with Crippen molar-refractivity contribution in [2.75, 3.05) is 0 Å². The molecule has 1 aliphatic rings. The average Bonchev–Trinajstić information content (AvgIpc) is 2.37. The first-order valence-corrected chi connectivity index (χ1v) is 6.35. The monoisotopic (exact) mass is 246 g/mol. The highest BCUT2D eigenvalue weighted by atomic mass is 16.6. The standard InChI is InChI=1S/C15H18O3/c1-10(8-12-6-4-3-5-7-12)14(16)9-13-11(2)18-15(13)17/h3-7,10-11,13H,8-9H2,1-2H3/t10-,11-,13+/m1/s1. The fourth-order valence-corrected chi connectivity index (χ4v) is 2.22. The normalized spacial score (nSPS) is 24.0. The van der Waals surface area contributed by atoms with Gasteiger partial charge in [-0.2, -0.15) is 0 Å². The number of hydrogen-bond acceptors (Lipinski definition) is 3. The molecule has 1 heterocycles. The zero-order valence-corrected chi connectivity index (χ0v) is 10.8. The maximum Gasteiger partial charge on any atom is 0.313 e. The van der Waals surface area contributed by atoms with Crippen LogP contribution in [-0.4, -0.2) is 17.9 Å². The number of Topliss-reactive ketones (excluding diaryl/α,β-unsaturated/α-hetero) is 1. The first-order chi connectivity index (χ1) is 8.58. The van der Waals surface area contributed by atoms with Crippen LogP contribution in [0, 0.1) is 11.8 Å². The second-order valence-electron chi connectivity index (χ2n) is 5.01. The molecule has 0 radical (unpaired) electrons. The van der Waals surface area contributed by atoms with Crippen molar-refractivity contribution < 1.29 is 14.3 Å². The Morgan fingerprint density at radius 2 is 2.00 bits per heavy atom. The van der Waals surface area contributed by atoms with Crippen LogP contribution in [0.1, 0.15) is 25.8 Å². The molecule has 0 amide bonds. The molecule has 96 valence electrons. The van der Waals surface area contributed by atoms with Gasteiger partial charge >= 0.3 is 5.97 Å². The van der Waals surface area contributed by atoms with Crippen LogP contribution >= 0.6 is 0 Å². The van der Waals surface area contributed by atoms with Crippen LogP contribution in [0.25, 0.3) is 0 Å². The van der Waals surface area contributed by atoms with Crippen molar-refractivity contribution in [2.45, 2.75) is 32.8 Å². The number of benzene rings is 1. The minimum atomic E-state index is -0.234. The Bertz CT molecular complexity index is 438. The van der Waals surface area contributed by atoms with Gasteiger partial charge in [-0.25, -0.2) is 0 Å². The van der Waals surface area contributed by atoms with Crippen LogP contribution in [0.3, 0.4) is 0 Å². The number of ether oxygens (including phenoxy) is 1. The number of carbonyl (C=O) groups excluding carboxylic acids is 2. The van der Waals surface area contributed by atoms with Gasteiger partial charge in [0.15, 0.2) is 0 Å². The topological polar surface area (TPSA) is 43.4 Å². The Balaban J connectivity index is 1.87. The number of ketones is 1. The summed E-state index contributed by atoms with van der Waals surface area (Å²) in [6.45, 7) is 3.76. The van der Waals surface area contributed by atoms with Gasteiger partial charge < -0.3 is 4.74 Å². The summed E-state index contributed by atoms with van der Waals surface area (Å²) >= 11 is 0. The number of rotatable bonds is 5. The highest BCUT2D eigenvalue weighted by molar-refractivity contribution is 5.88. The maximum atomic E-state index is 12.0. The van der Waals surface area contributed by atoms with Crippen LogP contribution in [0.4, 0.5) is 0 Å². The molecule has 1 aromatic carbocycles. The number of cyclic esters (lactones) is 1. The van der Waals surface area contributed by atoms with Crippen molar-refractivity contribution in [3.8, 4) is 0 Å². The molecule has 0 unspecified atom stereocenters. The summed E-state index contributed by atoms with van der Waals surface area (Å²) in [4.78, 5) is 23.2. The maximum absolute atomic E-state index is 12.0. The van der Waals surface area contributed by atoms with Gasteiger partial charge in [-0.1, -0.05) is 37.3 Å². The molecule has 0 N–H and O–H groups in total. The Hall–Kier alpha value is -1.64. The molecule has 1 saturated heterocycles. The molecule has 0 bridgehead atoms. The zero-order valence-electron chi connectivity index (χ0n) is 10.8. The Morgan fingerprint density at radius 3 is 2.56 bits per heavy atom. The van der Waals surface area contributed by atoms with Crippen LogP contribution in [-0.2, 0) is 20.7 Å². The molecule has 3 heteroatoms. The van der Waals surface area contributed by atoms with Crippen molar-refractivity contribution in [2.24, 2.45) is 11.8 Å². The van der Waals surface area contributed by atoms with E-state index in [9.17, 15) is 9.59 Å². The molecule has 1 aliphatic heterocycles. The second-order valence-corrected chi connectivity index (χ2v) is 5.01. The van der Waals surface area contributed by atoms with Crippen LogP contribution < -0.4 is 0 Å². The number of hydrogen-bond donors (Lipinski definition) is 0. The van der Waals surface area contributed by atoms with Gasteiger partial charge in [-0.3, -0.25) is 9.59 Å². The number of esters is 1. The quantitative estimate of drug-likeness (QED) is 0.749. The third-order valence-electron chi connectivity index (χ3n) is 3.53. The molecule has 0 aliphatic carbocycles. The van der Waals surface area contributed by atoms with E-state index in [1.54, 1.807) is 0 Å². The summed E-state index contributed by atoms with van der Waals surface area (Å²) in [6, 6.07) is 9.94. The highest BCUT2D eigenvalue weighted by Crippen LogP contribution is 2.27. The molecule has 1 aromatic rings. The molecular formula is C15H18O3. The van der Waals surface area contributed by atoms with Crippen LogP contribution in [0.15, 0.2) is 30.3 Å². The Morgan fingerprint density at radius 1 is 1.33 bits per heavy atom. The van der Waals surface area contributed by atoms with Crippen molar-refractivity contribution in [3.05, 3.63) is 35.9 Å². The molecule has 0 aromatic heterocycles. The van der Waals surface area contributed by atoms with Crippen LogP contribution in [0.2, 0.25) is 0 Å². The summed E-state index contributed by atoms with van der Waals surface area (Å²) in [5.41, 5.74) is 1.16. The Kier molecular flexibility index (Phi) is 3.80. The number of carbonyl (C=O) groups is 2. The average molecular weight is 246 g/mol. The summed E-state index contributed by atoms with van der Waals surface area (Å²) in [5.74, 6) is -0.362. The lowest BCUT2D eigenvalue weighted by atomic mass is 9.86. The van der Waals surface area contributed by atoms with Crippen molar-refractivity contribution in [1.29, 1.82) is 0 Å². The summed E-state index contributed by atoms with van der Waals surface area (Å²) in [5, 5.41) is 0. The largest absolute Gasteiger partial charge is 0.461 e. The summed E-state index contributed by atoms with van der Waals surface area (Å²) in [7, 11) is 0. The summed E-state index contributed by atoms with van der Waals surface area (Å²) in [6.07, 6.45) is 0.939. The van der Waals surface area contributed by atoms with E-state index in [2.05, 4.69) is 0 Å².